The standard InChI is InChI=1S/C25H22N4O3S/c1-31-24(30)17-7-4-8-18(15-17)28-13-5-11-21(28)23-22(20-10-2-3-12-26-20)27-25(33)29(23)16-19-9-6-14-32-19/h2-15,22-23H,16H2,1H3,(H,27,33)/t22-,23+/m1/s1. The molecule has 0 amide bonds. The van der Waals surface area contributed by atoms with E-state index in [1.807, 2.05) is 60.8 Å². The molecule has 0 unspecified atom stereocenters. The molecule has 7 nitrogen and oxygen atoms in total. The van der Waals surface area contributed by atoms with Gasteiger partial charge in [-0.25, -0.2) is 4.79 Å². The van der Waals surface area contributed by atoms with Crippen LogP contribution in [-0.2, 0) is 11.3 Å². The maximum atomic E-state index is 12.1. The number of nitrogens with zero attached hydrogens (tertiary/aromatic N) is 3. The van der Waals surface area contributed by atoms with Gasteiger partial charge in [0.2, 0.25) is 0 Å². The highest BCUT2D eigenvalue weighted by atomic mass is 32.1. The topological polar surface area (TPSA) is 72.5 Å². The smallest absolute Gasteiger partial charge is 0.337 e. The van der Waals surface area contributed by atoms with Crippen LogP contribution >= 0.6 is 12.2 Å². The van der Waals surface area contributed by atoms with Gasteiger partial charge in [-0.05, 0) is 66.8 Å². The molecule has 0 spiro atoms. The number of aromatic nitrogens is 2. The van der Waals surface area contributed by atoms with E-state index in [1.54, 1.807) is 18.5 Å². The van der Waals surface area contributed by atoms with Gasteiger partial charge in [0, 0.05) is 23.8 Å². The SMILES string of the molecule is COC(=O)c1cccc(-n2cccc2[C@H]2[C@@H](c3ccccn3)NC(=S)N2Cc2ccco2)c1. The molecule has 1 aliphatic rings. The highest BCUT2D eigenvalue weighted by molar-refractivity contribution is 7.80. The van der Waals surface area contributed by atoms with E-state index < -0.39 is 0 Å². The van der Waals surface area contributed by atoms with Crippen molar-refractivity contribution in [2.24, 2.45) is 0 Å². The Balaban J connectivity index is 1.59. The molecule has 0 radical (unpaired) electrons. The van der Waals surface area contributed by atoms with E-state index in [9.17, 15) is 4.79 Å². The molecule has 5 rings (SSSR count). The Morgan fingerprint density at radius 3 is 2.82 bits per heavy atom. The number of carbonyl (C=O) groups excluding carboxylic acids is 1. The Hall–Kier alpha value is -3.91. The number of thiocarbonyl (C=S) groups is 1. The largest absolute Gasteiger partial charge is 0.467 e. The van der Waals surface area contributed by atoms with Crippen LogP contribution in [0.5, 0.6) is 0 Å². The van der Waals surface area contributed by atoms with Crippen molar-refractivity contribution in [2.75, 3.05) is 7.11 Å². The van der Waals surface area contributed by atoms with E-state index in [-0.39, 0.29) is 18.1 Å². The number of hydrogen-bond acceptors (Lipinski definition) is 5. The first-order valence-corrected chi connectivity index (χ1v) is 10.9. The molecule has 4 heterocycles. The van der Waals surface area contributed by atoms with E-state index in [1.165, 1.54) is 7.11 Å². The van der Waals surface area contributed by atoms with Crippen LogP contribution in [0.1, 0.15) is 39.6 Å². The summed E-state index contributed by atoms with van der Waals surface area (Å²) in [6.45, 7) is 0.514. The number of esters is 1. The fourth-order valence-corrected chi connectivity index (χ4v) is 4.54. The number of methoxy groups -OCH3 is 1. The minimum atomic E-state index is -0.375. The summed E-state index contributed by atoms with van der Waals surface area (Å²) in [6, 6.07) is 20.8. The molecular weight excluding hydrogens is 436 g/mol. The van der Waals surface area contributed by atoms with Gasteiger partial charge in [0.1, 0.15) is 5.76 Å². The number of hydrogen-bond donors (Lipinski definition) is 1. The minimum absolute atomic E-state index is 0.158. The summed E-state index contributed by atoms with van der Waals surface area (Å²) >= 11 is 5.75. The van der Waals surface area contributed by atoms with Crippen LogP contribution in [0.4, 0.5) is 0 Å². The van der Waals surface area contributed by atoms with Crippen molar-refractivity contribution in [1.82, 2.24) is 19.8 Å². The third-order valence-electron chi connectivity index (χ3n) is 5.73. The molecule has 0 bridgehead atoms. The molecule has 166 valence electrons. The number of ether oxygens (including phenoxy) is 1. The zero-order valence-corrected chi connectivity index (χ0v) is 18.7. The van der Waals surface area contributed by atoms with Crippen molar-refractivity contribution in [1.29, 1.82) is 0 Å². The Bertz CT molecular complexity index is 1270. The number of nitrogens with one attached hydrogen (secondary N) is 1. The first-order valence-electron chi connectivity index (χ1n) is 10.5. The summed E-state index contributed by atoms with van der Waals surface area (Å²) in [4.78, 5) is 18.8. The molecule has 1 aromatic carbocycles. The predicted molar refractivity (Wildman–Crippen MR) is 127 cm³/mol. The highest BCUT2D eigenvalue weighted by Gasteiger charge is 2.41. The van der Waals surface area contributed by atoms with Gasteiger partial charge in [-0.2, -0.15) is 0 Å². The maximum absolute atomic E-state index is 12.1. The van der Waals surface area contributed by atoms with Crippen LogP contribution in [0, 0.1) is 0 Å². The average Bonchev–Trinajstić information content (AvgIpc) is 3.61. The molecule has 0 aliphatic carbocycles. The Morgan fingerprint density at radius 2 is 2.06 bits per heavy atom. The summed E-state index contributed by atoms with van der Waals surface area (Å²) in [7, 11) is 1.38. The second-order valence-electron chi connectivity index (χ2n) is 7.68. The van der Waals surface area contributed by atoms with Crippen molar-refractivity contribution in [3.8, 4) is 5.69 Å². The van der Waals surface area contributed by atoms with Crippen molar-refractivity contribution < 1.29 is 13.9 Å². The summed E-state index contributed by atoms with van der Waals surface area (Å²) in [5.74, 6) is 0.441. The quantitative estimate of drug-likeness (QED) is 0.339. The zero-order valence-electron chi connectivity index (χ0n) is 17.9. The van der Waals surface area contributed by atoms with Crippen molar-refractivity contribution in [3.63, 3.8) is 0 Å². The van der Waals surface area contributed by atoms with Gasteiger partial charge in [-0.15, -0.1) is 0 Å². The maximum Gasteiger partial charge on any atom is 0.337 e. The lowest BCUT2D eigenvalue weighted by Crippen LogP contribution is -2.29. The minimum Gasteiger partial charge on any atom is -0.467 e. The average molecular weight is 459 g/mol. The van der Waals surface area contributed by atoms with E-state index in [0.717, 1.165) is 22.8 Å². The summed E-state index contributed by atoms with van der Waals surface area (Å²) in [5, 5.41) is 4.08. The van der Waals surface area contributed by atoms with Crippen LogP contribution in [0.2, 0.25) is 0 Å². The second-order valence-corrected chi connectivity index (χ2v) is 8.07. The molecule has 8 heteroatoms. The lowest BCUT2D eigenvalue weighted by molar-refractivity contribution is 0.0600. The predicted octanol–water partition coefficient (Wildman–Crippen LogP) is 4.42. The molecule has 33 heavy (non-hydrogen) atoms. The molecule has 1 N–H and O–H groups in total. The van der Waals surface area contributed by atoms with Gasteiger partial charge < -0.3 is 23.9 Å². The van der Waals surface area contributed by atoms with Crippen molar-refractivity contribution in [3.05, 3.63) is 108 Å². The Morgan fingerprint density at radius 1 is 1.15 bits per heavy atom. The molecule has 2 atom stereocenters. The van der Waals surface area contributed by atoms with Crippen molar-refractivity contribution in [2.45, 2.75) is 18.6 Å². The Kier molecular flexibility index (Phi) is 5.66. The van der Waals surface area contributed by atoms with Crippen LogP contribution in [0.3, 0.4) is 0 Å². The lowest BCUT2D eigenvalue weighted by Gasteiger charge is -2.28. The molecular formula is C25H22N4O3S. The van der Waals surface area contributed by atoms with Gasteiger partial charge in [0.25, 0.3) is 0 Å². The highest BCUT2D eigenvalue weighted by Crippen LogP contribution is 2.40. The number of rotatable bonds is 6. The monoisotopic (exact) mass is 458 g/mol. The summed E-state index contributed by atoms with van der Waals surface area (Å²) in [6.07, 6.45) is 5.42. The first kappa shape index (κ1) is 21.0. The molecule has 1 saturated heterocycles. The third-order valence-corrected chi connectivity index (χ3v) is 6.09. The van der Waals surface area contributed by atoms with Gasteiger partial charge in [0.15, 0.2) is 5.11 Å². The van der Waals surface area contributed by atoms with Gasteiger partial charge in [-0.1, -0.05) is 12.1 Å². The van der Waals surface area contributed by atoms with E-state index in [2.05, 4.69) is 25.8 Å². The number of furan rings is 1. The summed E-state index contributed by atoms with van der Waals surface area (Å²) in [5.41, 5.74) is 3.24. The summed E-state index contributed by atoms with van der Waals surface area (Å²) < 4.78 is 12.6. The zero-order chi connectivity index (χ0) is 22.8. The lowest BCUT2D eigenvalue weighted by atomic mass is 10.0. The molecule has 3 aromatic heterocycles. The molecule has 1 aliphatic heterocycles. The normalized spacial score (nSPS) is 17.7. The van der Waals surface area contributed by atoms with Crippen LogP contribution in [-0.4, -0.2) is 32.6 Å². The molecule has 0 saturated carbocycles. The number of carbonyl (C=O) groups is 1. The first-order chi connectivity index (χ1) is 16.2. The number of pyridine rings is 1. The van der Waals surface area contributed by atoms with Crippen molar-refractivity contribution >= 4 is 23.3 Å². The van der Waals surface area contributed by atoms with E-state index >= 15 is 0 Å². The van der Waals surface area contributed by atoms with Crippen LogP contribution in [0.25, 0.3) is 5.69 Å². The molecule has 4 aromatic rings. The van der Waals surface area contributed by atoms with Crippen LogP contribution in [0.15, 0.2) is 89.8 Å². The van der Waals surface area contributed by atoms with Gasteiger partial charge in [-0.3, -0.25) is 4.98 Å². The van der Waals surface area contributed by atoms with Crippen LogP contribution < -0.4 is 5.32 Å². The van der Waals surface area contributed by atoms with E-state index in [4.69, 9.17) is 21.4 Å². The third kappa shape index (κ3) is 4.01. The van der Waals surface area contributed by atoms with Gasteiger partial charge >= 0.3 is 5.97 Å². The fourth-order valence-electron chi connectivity index (χ4n) is 4.24. The number of benzene rings is 1. The second kappa shape index (κ2) is 8.91. The van der Waals surface area contributed by atoms with Gasteiger partial charge in [0.05, 0.1) is 43.3 Å². The Labute approximate surface area is 196 Å². The van der Waals surface area contributed by atoms with E-state index in [0.29, 0.717) is 17.2 Å². The fraction of sp³-hybridized carbons (Fsp3) is 0.160. The molecule has 1 fully saturated rings.